The summed E-state index contributed by atoms with van der Waals surface area (Å²) in [5, 5.41) is 15.2. The molecule has 0 saturated carbocycles. The maximum Gasteiger partial charge on any atom is 0.142 e. The fraction of sp³-hybridized carbons (Fsp3) is 0.346. The zero-order valence-corrected chi connectivity index (χ0v) is 19.5. The fourth-order valence-corrected chi connectivity index (χ4v) is 4.86. The minimum Gasteiger partial charge on any atom is -0.495 e. The molecule has 0 radical (unpaired) electrons. The van der Waals surface area contributed by atoms with Crippen molar-refractivity contribution in [3.05, 3.63) is 71.3 Å². The molecule has 3 aromatic rings. The van der Waals surface area contributed by atoms with Crippen molar-refractivity contribution in [2.24, 2.45) is 0 Å². The van der Waals surface area contributed by atoms with Crippen LogP contribution in [0.15, 0.2) is 59.5 Å². The Morgan fingerprint density at radius 1 is 1.12 bits per heavy atom. The number of piperazine rings is 1. The Morgan fingerprint density at radius 2 is 1.94 bits per heavy atom. The Balaban J connectivity index is 1.60. The summed E-state index contributed by atoms with van der Waals surface area (Å²) in [5.74, 6) is 0.606. The Morgan fingerprint density at radius 3 is 2.69 bits per heavy atom. The molecule has 1 saturated heterocycles. The highest BCUT2D eigenvalue weighted by atomic mass is 32.2. The lowest BCUT2D eigenvalue weighted by Crippen LogP contribution is -2.46. The van der Waals surface area contributed by atoms with Gasteiger partial charge in [-0.15, -0.1) is 11.8 Å². The van der Waals surface area contributed by atoms with E-state index in [4.69, 9.17) is 9.47 Å². The standard InChI is InChI=1S/C26H29N3O2S/c1-30-26-21(16-27)14-19-6-3-4-9-23(19)24(26)17-31-18-25(29-12-10-28-11-13-29)20-7-5-8-22(15-20)32-2/h3-9,14-15,25,28H,10-13,17-18H2,1-2H3. The van der Waals surface area contributed by atoms with Crippen LogP contribution in [0.25, 0.3) is 10.8 Å². The van der Waals surface area contributed by atoms with Gasteiger partial charge in [-0.3, -0.25) is 4.90 Å². The number of ether oxygens (including phenoxy) is 2. The number of nitriles is 1. The molecular weight excluding hydrogens is 418 g/mol. The van der Waals surface area contributed by atoms with E-state index in [1.54, 1.807) is 18.9 Å². The molecule has 0 aromatic heterocycles. The molecule has 1 unspecified atom stereocenters. The molecule has 166 valence electrons. The van der Waals surface area contributed by atoms with Gasteiger partial charge in [0.1, 0.15) is 11.8 Å². The highest BCUT2D eigenvalue weighted by Crippen LogP contribution is 2.33. The summed E-state index contributed by atoms with van der Waals surface area (Å²) >= 11 is 1.76. The predicted octanol–water partition coefficient (Wildman–Crippen LogP) is 4.61. The average molecular weight is 448 g/mol. The molecule has 0 spiro atoms. The maximum absolute atomic E-state index is 9.63. The van der Waals surface area contributed by atoms with Gasteiger partial charge in [0.2, 0.25) is 0 Å². The third-order valence-corrected chi connectivity index (χ3v) is 6.75. The van der Waals surface area contributed by atoms with Crippen molar-refractivity contribution in [3.63, 3.8) is 0 Å². The number of hydrogen-bond acceptors (Lipinski definition) is 6. The van der Waals surface area contributed by atoms with E-state index in [-0.39, 0.29) is 6.04 Å². The second-order valence-electron chi connectivity index (χ2n) is 7.86. The van der Waals surface area contributed by atoms with Crippen molar-refractivity contribution in [1.82, 2.24) is 10.2 Å². The van der Waals surface area contributed by atoms with Gasteiger partial charge in [0.05, 0.1) is 31.9 Å². The molecule has 32 heavy (non-hydrogen) atoms. The molecule has 0 aliphatic carbocycles. The Labute approximate surface area is 194 Å². The molecule has 1 heterocycles. The predicted molar refractivity (Wildman–Crippen MR) is 130 cm³/mol. The van der Waals surface area contributed by atoms with E-state index in [1.807, 2.05) is 24.3 Å². The molecular formula is C26H29N3O2S. The smallest absolute Gasteiger partial charge is 0.142 e. The molecule has 0 amide bonds. The first-order chi connectivity index (χ1) is 15.7. The summed E-state index contributed by atoms with van der Waals surface area (Å²) < 4.78 is 12.0. The molecule has 1 aliphatic rings. The molecule has 1 fully saturated rings. The Hall–Kier alpha value is -2.56. The molecule has 6 heteroatoms. The van der Waals surface area contributed by atoms with Crippen molar-refractivity contribution < 1.29 is 9.47 Å². The lowest BCUT2D eigenvalue weighted by atomic mass is 10.00. The second-order valence-corrected chi connectivity index (χ2v) is 8.74. The van der Waals surface area contributed by atoms with E-state index >= 15 is 0 Å². The summed E-state index contributed by atoms with van der Waals surface area (Å²) in [4.78, 5) is 3.76. The van der Waals surface area contributed by atoms with Gasteiger partial charge in [0.25, 0.3) is 0 Å². The molecule has 5 nitrogen and oxygen atoms in total. The van der Waals surface area contributed by atoms with Gasteiger partial charge in [-0.05, 0) is 40.8 Å². The van der Waals surface area contributed by atoms with Gasteiger partial charge >= 0.3 is 0 Å². The molecule has 3 aromatic carbocycles. The van der Waals surface area contributed by atoms with Crippen LogP contribution in [0.2, 0.25) is 0 Å². The van der Waals surface area contributed by atoms with Crippen LogP contribution in [0.1, 0.15) is 22.7 Å². The third-order valence-electron chi connectivity index (χ3n) is 6.02. The van der Waals surface area contributed by atoms with E-state index in [9.17, 15) is 5.26 Å². The highest BCUT2D eigenvalue weighted by molar-refractivity contribution is 7.98. The van der Waals surface area contributed by atoms with Crippen LogP contribution in [0.4, 0.5) is 0 Å². The van der Waals surface area contributed by atoms with Crippen LogP contribution >= 0.6 is 11.8 Å². The average Bonchev–Trinajstić information content (AvgIpc) is 2.86. The fourth-order valence-electron chi connectivity index (χ4n) is 4.39. The number of thioether (sulfide) groups is 1. The number of methoxy groups -OCH3 is 1. The maximum atomic E-state index is 9.63. The number of benzene rings is 3. The third kappa shape index (κ3) is 4.92. The van der Waals surface area contributed by atoms with Gasteiger partial charge in [-0.1, -0.05) is 36.4 Å². The lowest BCUT2D eigenvalue weighted by Gasteiger charge is -2.35. The van der Waals surface area contributed by atoms with Crippen molar-refractivity contribution in [2.45, 2.75) is 17.5 Å². The van der Waals surface area contributed by atoms with Crippen LogP contribution < -0.4 is 10.1 Å². The monoisotopic (exact) mass is 447 g/mol. The zero-order valence-electron chi connectivity index (χ0n) is 18.6. The highest BCUT2D eigenvalue weighted by Gasteiger charge is 2.23. The first-order valence-electron chi connectivity index (χ1n) is 10.9. The SMILES string of the molecule is COc1c(C#N)cc2ccccc2c1COCC(c1cccc(SC)c1)N1CCNCC1. The molecule has 1 atom stereocenters. The first kappa shape index (κ1) is 22.6. The van der Waals surface area contributed by atoms with Gasteiger partial charge in [0.15, 0.2) is 0 Å². The van der Waals surface area contributed by atoms with Crippen molar-refractivity contribution in [2.75, 3.05) is 46.2 Å². The molecule has 4 rings (SSSR count). The van der Waals surface area contributed by atoms with Crippen molar-refractivity contribution in [3.8, 4) is 11.8 Å². The van der Waals surface area contributed by atoms with Gasteiger partial charge in [-0.2, -0.15) is 5.26 Å². The van der Waals surface area contributed by atoms with E-state index in [2.05, 4.69) is 52.9 Å². The summed E-state index contributed by atoms with van der Waals surface area (Å²) in [6.45, 7) is 4.93. The van der Waals surface area contributed by atoms with Crippen LogP contribution in [0, 0.1) is 11.3 Å². The van der Waals surface area contributed by atoms with Crippen LogP contribution in [0.5, 0.6) is 5.75 Å². The van der Waals surface area contributed by atoms with E-state index in [1.165, 1.54) is 10.5 Å². The summed E-state index contributed by atoms with van der Waals surface area (Å²) in [6.07, 6.45) is 2.11. The van der Waals surface area contributed by atoms with Crippen molar-refractivity contribution in [1.29, 1.82) is 5.26 Å². The van der Waals surface area contributed by atoms with Crippen LogP contribution in [-0.4, -0.2) is 51.1 Å². The molecule has 1 aliphatic heterocycles. The summed E-state index contributed by atoms with van der Waals surface area (Å²) in [6, 6.07) is 21.2. The quantitative estimate of drug-likeness (QED) is 0.509. The van der Waals surface area contributed by atoms with E-state index in [0.717, 1.165) is 42.5 Å². The Kier molecular flexibility index (Phi) is 7.67. The van der Waals surface area contributed by atoms with Crippen LogP contribution in [-0.2, 0) is 11.3 Å². The largest absolute Gasteiger partial charge is 0.495 e. The first-order valence-corrected chi connectivity index (χ1v) is 12.1. The van der Waals surface area contributed by atoms with E-state index in [0.29, 0.717) is 24.5 Å². The molecule has 0 bridgehead atoms. The Bertz CT molecular complexity index is 1110. The van der Waals surface area contributed by atoms with Crippen molar-refractivity contribution >= 4 is 22.5 Å². The summed E-state index contributed by atoms with van der Waals surface area (Å²) in [7, 11) is 1.62. The number of nitrogens with zero attached hydrogens (tertiary/aromatic N) is 2. The van der Waals surface area contributed by atoms with Crippen LogP contribution in [0.3, 0.4) is 0 Å². The van der Waals surface area contributed by atoms with E-state index < -0.39 is 0 Å². The summed E-state index contributed by atoms with van der Waals surface area (Å²) in [5.41, 5.74) is 2.75. The number of nitrogens with one attached hydrogen (secondary N) is 1. The second kappa shape index (κ2) is 10.8. The van der Waals surface area contributed by atoms with Gasteiger partial charge in [0, 0.05) is 36.6 Å². The zero-order chi connectivity index (χ0) is 22.3. The number of fused-ring (bicyclic) bond motifs is 1. The minimum atomic E-state index is 0.181. The van der Waals surface area contributed by atoms with Gasteiger partial charge in [-0.25, -0.2) is 0 Å². The van der Waals surface area contributed by atoms with Gasteiger partial charge < -0.3 is 14.8 Å². The number of hydrogen-bond donors (Lipinski definition) is 1. The number of rotatable bonds is 8. The topological polar surface area (TPSA) is 57.5 Å². The lowest BCUT2D eigenvalue weighted by molar-refractivity contribution is 0.0438. The normalized spacial score (nSPS) is 15.4. The minimum absolute atomic E-state index is 0.181. The molecule has 1 N–H and O–H groups in total.